The van der Waals surface area contributed by atoms with Crippen molar-refractivity contribution in [2.45, 2.75) is 37.0 Å². The maximum absolute atomic E-state index is 10.1. The van der Waals surface area contributed by atoms with Crippen LogP contribution in [0.15, 0.2) is 30.3 Å². The second-order valence-electron chi connectivity index (χ2n) is 4.81. The highest BCUT2D eigenvalue weighted by Gasteiger charge is 2.56. The first-order valence-electron chi connectivity index (χ1n) is 6.14. The summed E-state index contributed by atoms with van der Waals surface area (Å²) in [6, 6.07) is 9.68. The number of ether oxygens (including phenoxy) is 4. The van der Waals surface area contributed by atoms with Gasteiger partial charge in [0, 0.05) is 5.56 Å². The Labute approximate surface area is 104 Å². The molecule has 5 heteroatoms. The van der Waals surface area contributed by atoms with Gasteiger partial charge in [-0.25, -0.2) is 0 Å². The third-order valence-corrected chi connectivity index (χ3v) is 3.68. The fourth-order valence-electron chi connectivity index (χ4n) is 2.74. The van der Waals surface area contributed by atoms with Gasteiger partial charge in [-0.15, -0.1) is 0 Å². The number of rotatable bonds is 1. The van der Waals surface area contributed by atoms with Gasteiger partial charge in [0.15, 0.2) is 12.6 Å². The van der Waals surface area contributed by atoms with Crippen molar-refractivity contribution in [3.05, 3.63) is 35.9 Å². The van der Waals surface area contributed by atoms with Crippen molar-refractivity contribution in [3.63, 3.8) is 0 Å². The van der Waals surface area contributed by atoms with Crippen LogP contribution in [0.4, 0.5) is 0 Å². The van der Waals surface area contributed by atoms with E-state index in [9.17, 15) is 5.11 Å². The molecular weight excluding hydrogens is 236 g/mol. The summed E-state index contributed by atoms with van der Waals surface area (Å²) < 4.78 is 22.6. The summed E-state index contributed by atoms with van der Waals surface area (Å²) in [5.41, 5.74) is 0.940. The molecule has 3 aliphatic rings. The van der Waals surface area contributed by atoms with E-state index < -0.39 is 18.7 Å². The lowest BCUT2D eigenvalue weighted by Gasteiger charge is -2.31. The van der Waals surface area contributed by atoms with Gasteiger partial charge in [-0.1, -0.05) is 30.3 Å². The molecule has 1 aromatic carbocycles. The van der Waals surface area contributed by atoms with Crippen LogP contribution in [0, 0.1) is 0 Å². The molecule has 96 valence electrons. The first-order valence-corrected chi connectivity index (χ1v) is 6.14. The molecular formula is C13H14O5. The number of hydrogen-bond donors (Lipinski definition) is 1. The molecule has 6 atom stereocenters. The van der Waals surface area contributed by atoms with Crippen molar-refractivity contribution in [1.29, 1.82) is 0 Å². The zero-order chi connectivity index (χ0) is 12.1. The van der Waals surface area contributed by atoms with Crippen LogP contribution in [0.5, 0.6) is 0 Å². The number of fused-ring (bicyclic) bond motifs is 4. The van der Waals surface area contributed by atoms with E-state index in [4.69, 9.17) is 18.9 Å². The Bertz CT molecular complexity index is 430. The standard InChI is InChI=1S/C13H14O5/c14-9-8-6-15-13(16-8)11-10(9)17-12(18-11)7-4-2-1-3-5-7/h1-5,8-14H,6H2/t8-,9-,10+,11+,12?,13-/m1/s1. The van der Waals surface area contributed by atoms with Crippen LogP contribution >= 0.6 is 0 Å². The van der Waals surface area contributed by atoms with Crippen molar-refractivity contribution >= 4 is 0 Å². The normalized spacial score (nSPS) is 46.1. The summed E-state index contributed by atoms with van der Waals surface area (Å²) >= 11 is 0. The summed E-state index contributed by atoms with van der Waals surface area (Å²) in [6.45, 7) is 0.404. The van der Waals surface area contributed by atoms with E-state index in [1.54, 1.807) is 0 Å². The topological polar surface area (TPSA) is 57.2 Å². The molecule has 1 aromatic rings. The molecule has 0 saturated carbocycles. The Kier molecular flexibility index (Phi) is 2.43. The Hall–Kier alpha value is -0.980. The zero-order valence-corrected chi connectivity index (χ0v) is 9.64. The molecule has 3 aliphatic heterocycles. The maximum atomic E-state index is 10.1. The third-order valence-electron chi connectivity index (χ3n) is 3.68. The molecule has 3 heterocycles. The average Bonchev–Trinajstić information content (AvgIpc) is 3.04. The lowest BCUT2D eigenvalue weighted by molar-refractivity contribution is -0.194. The zero-order valence-electron chi connectivity index (χ0n) is 9.64. The molecule has 0 aromatic heterocycles. The molecule has 3 fully saturated rings. The van der Waals surface area contributed by atoms with Crippen LogP contribution in [-0.2, 0) is 18.9 Å². The quantitative estimate of drug-likeness (QED) is 0.790. The highest BCUT2D eigenvalue weighted by Crippen LogP contribution is 2.41. The van der Waals surface area contributed by atoms with E-state index in [2.05, 4.69) is 0 Å². The summed E-state index contributed by atoms with van der Waals surface area (Å²) in [6.07, 6.45) is -2.60. The van der Waals surface area contributed by atoms with Crippen LogP contribution < -0.4 is 0 Å². The first kappa shape index (κ1) is 10.9. The van der Waals surface area contributed by atoms with Crippen molar-refractivity contribution in [2.75, 3.05) is 6.61 Å². The van der Waals surface area contributed by atoms with E-state index in [1.165, 1.54) is 0 Å². The van der Waals surface area contributed by atoms with Gasteiger partial charge in [-0.3, -0.25) is 0 Å². The number of benzene rings is 1. The minimum absolute atomic E-state index is 0.297. The predicted octanol–water partition coefficient (Wildman–Crippen LogP) is 0.585. The number of aliphatic hydroxyl groups is 1. The van der Waals surface area contributed by atoms with Gasteiger partial charge in [0.1, 0.15) is 24.4 Å². The molecule has 5 nitrogen and oxygen atoms in total. The van der Waals surface area contributed by atoms with E-state index in [1.807, 2.05) is 30.3 Å². The van der Waals surface area contributed by atoms with Gasteiger partial charge >= 0.3 is 0 Å². The number of aliphatic hydroxyl groups excluding tert-OH is 1. The lowest BCUT2D eigenvalue weighted by Crippen LogP contribution is -2.52. The smallest absolute Gasteiger partial charge is 0.187 e. The van der Waals surface area contributed by atoms with Gasteiger partial charge in [-0.2, -0.15) is 0 Å². The second kappa shape index (κ2) is 4.01. The predicted molar refractivity (Wildman–Crippen MR) is 59.5 cm³/mol. The summed E-state index contributed by atoms with van der Waals surface area (Å²) in [4.78, 5) is 0. The van der Waals surface area contributed by atoms with Crippen LogP contribution in [0.3, 0.4) is 0 Å². The summed E-state index contributed by atoms with van der Waals surface area (Å²) in [5, 5.41) is 10.1. The van der Waals surface area contributed by atoms with Gasteiger partial charge < -0.3 is 24.1 Å². The Morgan fingerprint density at radius 1 is 1.00 bits per heavy atom. The first-order chi connectivity index (χ1) is 8.83. The molecule has 1 N–H and O–H groups in total. The van der Waals surface area contributed by atoms with Crippen molar-refractivity contribution in [1.82, 2.24) is 0 Å². The van der Waals surface area contributed by atoms with E-state index in [0.29, 0.717) is 6.61 Å². The monoisotopic (exact) mass is 250 g/mol. The Morgan fingerprint density at radius 3 is 2.61 bits per heavy atom. The molecule has 0 amide bonds. The minimum Gasteiger partial charge on any atom is -0.387 e. The van der Waals surface area contributed by atoms with Gasteiger partial charge in [0.25, 0.3) is 0 Å². The second-order valence-corrected chi connectivity index (χ2v) is 4.81. The van der Waals surface area contributed by atoms with E-state index >= 15 is 0 Å². The van der Waals surface area contributed by atoms with E-state index in [-0.39, 0.29) is 18.3 Å². The van der Waals surface area contributed by atoms with Crippen LogP contribution in [0.1, 0.15) is 11.9 Å². The molecule has 1 unspecified atom stereocenters. The number of hydrogen-bond acceptors (Lipinski definition) is 5. The molecule has 0 radical (unpaired) electrons. The van der Waals surface area contributed by atoms with Gasteiger partial charge in [-0.05, 0) is 0 Å². The molecule has 0 aliphatic carbocycles. The fourth-order valence-corrected chi connectivity index (χ4v) is 2.74. The van der Waals surface area contributed by atoms with Crippen molar-refractivity contribution < 1.29 is 24.1 Å². The van der Waals surface area contributed by atoms with E-state index in [0.717, 1.165) is 5.56 Å². The highest BCUT2D eigenvalue weighted by atomic mass is 16.8. The minimum atomic E-state index is -0.692. The Balaban J connectivity index is 1.60. The largest absolute Gasteiger partial charge is 0.387 e. The highest BCUT2D eigenvalue weighted by molar-refractivity contribution is 5.17. The molecule has 2 bridgehead atoms. The van der Waals surface area contributed by atoms with Gasteiger partial charge in [0.05, 0.1) is 6.61 Å². The lowest BCUT2D eigenvalue weighted by atomic mass is 10.0. The van der Waals surface area contributed by atoms with Crippen LogP contribution in [0.2, 0.25) is 0 Å². The van der Waals surface area contributed by atoms with Crippen molar-refractivity contribution in [2.24, 2.45) is 0 Å². The maximum Gasteiger partial charge on any atom is 0.187 e. The fraction of sp³-hybridized carbons (Fsp3) is 0.538. The molecule has 0 spiro atoms. The molecule has 4 rings (SSSR count). The summed E-state index contributed by atoms with van der Waals surface area (Å²) in [7, 11) is 0. The van der Waals surface area contributed by atoms with Crippen LogP contribution in [0.25, 0.3) is 0 Å². The molecule has 3 saturated heterocycles. The SMILES string of the molecule is O[C@H]1[C@@H]2OC(c3ccccc3)O[C@@H]2[C@@H]2OC[C@H]1O2. The van der Waals surface area contributed by atoms with Crippen LogP contribution in [-0.4, -0.2) is 42.4 Å². The molecule has 18 heavy (non-hydrogen) atoms. The average molecular weight is 250 g/mol. The third kappa shape index (κ3) is 1.52. The Morgan fingerprint density at radius 2 is 1.78 bits per heavy atom. The van der Waals surface area contributed by atoms with Crippen molar-refractivity contribution in [3.8, 4) is 0 Å². The van der Waals surface area contributed by atoms with Gasteiger partial charge in [0.2, 0.25) is 0 Å². The summed E-state index contributed by atoms with van der Waals surface area (Å²) in [5.74, 6) is 0.